The van der Waals surface area contributed by atoms with Crippen LogP contribution in [0.25, 0.3) is 0 Å². The van der Waals surface area contributed by atoms with E-state index >= 15 is 0 Å². The fraction of sp³-hybridized carbons (Fsp3) is 0.571. The van der Waals surface area contributed by atoms with Crippen LogP contribution in [0.15, 0.2) is 29.2 Å². The molecule has 1 aromatic carbocycles. The normalized spacial score (nSPS) is 18.8. The standard InChI is InChI=1S/C14H20O3S/c1-18-12-5-3-11(4-6-12)13(15)7-8-14-16-9-2-10-17-14/h3-6,13-15H,2,7-10H2,1H3/t13-/m1/s1. The van der Waals surface area contributed by atoms with Gasteiger partial charge >= 0.3 is 0 Å². The molecular formula is C14H20O3S. The van der Waals surface area contributed by atoms with Gasteiger partial charge in [-0.15, -0.1) is 11.8 Å². The zero-order valence-corrected chi connectivity index (χ0v) is 11.5. The fourth-order valence-electron chi connectivity index (χ4n) is 1.99. The first-order valence-electron chi connectivity index (χ1n) is 6.35. The van der Waals surface area contributed by atoms with Gasteiger partial charge in [0, 0.05) is 11.3 Å². The van der Waals surface area contributed by atoms with Crippen molar-refractivity contribution < 1.29 is 14.6 Å². The third-order valence-electron chi connectivity index (χ3n) is 3.07. The van der Waals surface area contributed by atoms with Crippen molar-refractivity contribution in [3.8, 4) is 0 Å². The van der Waals surface area contributed by atoms with Gasteiger partial charge in [0.05, 0.1) is 19.3 Å². The molecule has 0 spiro atoms. The van der Waals surface area contributed by atoms with Crippen molar-refractivity contribution >= 4 is 11.8 Å². The van der Waals surface area contributed by atoms with Crippen LogP contribution in [0, 0.1) is 0 Å². The Bertz CT molecular complexity index is 347. The first-order valence-corrected chi connectivity index (χ1v) is 7.57. The summed E-state index contributed by atoms with van der Waals surface area (Å²) in [5.41, 5.74) is 0.962. The number of thioether (sulfide) groups is 1. The average molecular weight is 268 g/mol. The number of hydrogen-bond donors (Lipinski definition) is 1. The lowest BCUT2D eigenvalue weighted by molar-refractivity contribution is -0.183. The van der Waals surface area contributed by atoms with Crippen LogP contribution in [0.4, 0.5) is 0 Å². The minimum absolute atomic E-state index is 0.140. The number of rotatable bonds is 5. The van der Waals surface area contributed by atoms with Crippen molar-refractivity contribution in [1.82, 2.24) is 0 Å². The van der Waals surface area contributed by atoms with Crippen molar-refractivity contribution in [2.75, 3.05) is 19.5 Å². The molecule has 1 atom stereocenters. The molecule has 0 radical (unpaired) electrons. The van der Waals surface area contributed by atoms with Gasteiger partial charge in [-0.1, -0.05) is 12.1 Å². The molecule has 0 saturated carbocycles. The molecule has 0 bridgehead atoms. The van der Waals surface area contributed by atoms with Crippen LogP contribution in [0.2, 0.25) is 0 Å². The van der Waals surface area contributed by atoms with Gasteiger partial charge in [-0.3, -0.25) is 0 Å². The van der Waals surface area contributed by atoms with E-state index in [9.17, 15) is 5.11 Å². The highest BCUT2D eigenvalue weighted by Gasteiger charge is 2.16. The zero-order chi connectivity index (χ0) is 12.8. The van der Waals surface area contributed by atoms with Gasteiger partial charge in [0.2, 0.25) is 0 Å². The van der Waals surface area contributed by atoms with Gasteiger partial charge in [0.15, 0.2) is 6.29 Å². The smallest absolute Gasteiger partial charge is 0.157 e. The maximum atomic E-state index is 10.1. The molecule has 0 aliphatic carbocycles. The van der Waals surface area contributed by atoms with E-state index in [4.69, 9.17) is 9.47 Å². The molecule has 0 aromatic heterocycles. The lowest BCUT2D eigenvalue weighted by Crippen LogP contribution is -2.25. The molecule has 100 valence electrons. The van der Waals surface area contributed by atoms with Crippen LogP contribution in [0.3, 0.4) is 0 Å². The summed E-state index contributed by atoms with van der Waals surface area (Å²) < 4.78 is 10.9. The van der Waals surface area contributed by atoms with Crippen molar-refractivity contribution in [3.05, 3.63) is 29.8 Å². The molecule has 0 unspecified atom stereocenters. The number of hydrogen-bond acceptors (Lipinski definition) is 4. The molecule has 18 heavy (non-hydrogen) atoms. The summed E-state index contributed by atoms with van der Waals surface area (Å²) >= 11 is 1.70. The van der Waals surface area contributed by atoms with E-state index in [1.165, 1.54) is 4.90 Å². The minimum atomic E-state index is -0.435. The topological polar surface area (TPSA) is 38.7 Å². The monoisotopic (exact) mass is 268 g/mol. The molecule has 1 N–H and O–H groups in total. The highest BCUT2D eigenvalue weighted by atomic mass is 32.2. The summed E-state index contributed by atoms with van der Waals surface area (Å²) in [7, 11) is 0. The first-order chi connectivity index (χ1) is 8.79. The highest BCUT2D eigenvalue weighted by molar-refractivity contribution is 7.98. The Kier molecular flexibility index (Phi) is 5.50. The van der Waals surface area contributed by atoms with E-state index < -0.39 is 6.10 Å². The second kappa shape index (κ2) is 7.14. The van der Waals surface area contributed by atoms with E-state index in [-0.39, 0.29) is 6.29 Å². The van der Waals surface area contributed by atoms with Gasteiger partial charge in [-0.2, -0.15) is 0 Å². The third kappa shape index (κ3) is 3.99. The second-order valence-corrected chi connectivity index (χ2v) is 5.27. The Morgan fingerprint density at radius 3 is 2.56 bits per heavy atom. The van der Waals surface area contributed by atoms with Crippen LogP contribution in [0.1, 0.15) is 30.9 Å². The Hall–Kier alpha value is -0.550. The second-order valence-electron chi connectivity index (χ2n) is 4.39. The Balaban J connectivity index is 1.80. The fourth-order valence-corrected chi connectivity index (χ4v) is 2.40. The van der Waals surface area contributed by atoms with E-state index in [1.54, 1.807) is 11.8 Å². The van der Waals surface area contributed by atoms with Crippen LogP contribution >= 0.6 is 11.8 Å². The van der Waals surface area contributed by atoms with Crippen LogP contribution in [-0.4, -0.2) is 30.9 Å². The molecule has 1 aliphatic heterocycles. The van der Waals surface area contributed by atoms with Crippen molar-refractivity contribution in [2.45, 2.75) is 36.6 Å². The largest absolute Gasteiger partial charge is 0.388 e. The number of aliphatic hydroxyl groups is 1. The summed E-state index contributed by atoms with van der Waals surface area (Å²) in [6.07, 6.45) is 3.85. The van der Waals surface area contributed by atoms with Gasteiger partial charge < -0.3 is 14.6 Å². The molecule has 1 fully saturated rings. The predicted molar refractivity (Wildman–Crippen MR) is 72.7 cm³/mol. The molecule has 4 heteroatoms. The van der Waals surface area contributed by atoms with E-state index in [1.807, 2.05) is 30.5 Å². The SMILES string of the molecule is CSc1ccc([C@H](O)CCC2OCCCO2)cc1. The number of aliphatic hydroxyl groups excluding tert-OH is 1. The molecule has 1 aromatic rings. The van der Waals surface area contributed by atoms with Crippen LogP contribution < -0.4 is 0 Å². The number of ether oxygens (including phenoxy) is 2. The van der Waals surface area contributed by atoms with Crippen molar-refractivity contribution in [3.63, 3.8) is 0 Å². The first kappa shape index (κ1) is 13.9. The summed E-state index contributed by atoms with van der Waals surface area (Å²) in [4.78, 5) is 1.21. The van der Waals surface area contributed by atoms with E-state index in [0.717, 1.165) is 31.6 Å². The van der Waals surface area contributed by atoms with E-state index in [0.29, 0.717) is 6.42 Å². The summed E-state index contributed by atoms with van der Waals surface area (Å²) in [6, 6.07) is 8.05. The Morgan fingerprint density at radius 2 is 1.94 bits per heavy atom. The molecule has 2 rings (SSSR count). The van der Waals surface area contributed by atoms with Crippen molar-refractivity contribution in [2.24, 2.45) is 0 Å². The Morgan fingerprint density at radius 1 is 1.28 bits per heavy atom. The maximum Gasteiger partial charge on any atom is 0.157 e. The predicted octanol–water partition coefficient (Wildman–Crippen LogP) is 2.99. The van der Waals surface area contributed by atoms with E-state index in [2.05, 4.69) is 0 Å². The summed E-state index contributed by atoms with van der Waals surface area (Å²) in [5, 5.41) is 10.1. The lowest BCUT2D eigenvalue weighted by atomic mass is 10.0. The van der Waals surface area contributed by atoms with Crippen LogP contribution in [-0.2, 0) is 9.47 Å². The number of benzene rings is 1. The third-order valence-corrected chi connectivity index (χ3v) is 3.82. The quantitative estimate of drug-likeness (QED) is 0.833. The van der Waals surface area contributed by atoms with Gasteiger partial charge in [0.25, 0.3) is 0 Å². The molecule has 1 heterocycles. The molecule has 1 aliphatic rings. The zero-order valence-electron chi connectivity index (χ0n) is 10.7. The summed E-state index contributed by atoms with van der Waals surface area (Å²) in [5.74, 6) is 0. The highest BCUT2D eigenvalue weighted by Crippen LogP contribution is 2.23. The maximum absolute atomic E-state index is 10.1. The van der Waals surface area contributed by atoms with Gasteiger partial charge in [-0.25, -0.2) is 0 Å². The molecule has 3 nitrogen and oxygen atoms in total. The molecular weight excluding hydrogens is 248 g/mol. The lowest BCUT2D eigenvalue weighted by Gasteiger charge is -2.24. The van der Waals surface area contributed by atoms with Gasteiger partial charge in [-0.05, 0) is 36.8 Å². The van der Waals surface area contributed by atoms with Crippen molar-refractivity contribution in [1.29, 1.82) is 0 Å². The molecule has 0 amide bonds. The molecule has 1 saturated heterocycles. The Labute approximate surface area is 112 Å². The van der Waals surface area contributed by atoms with Gasteiger partial charge in [0.1, 0.15) is 0 Å². The minimum Gasteiger partial charge on any atom is -0.388 e. The average Bonchev–Trinajstić information content (AvgIpc) is 2.46. The van der Waals surface area contributed by atoms with Crippen LogP contribution in [0.5, 0.6) is 0 Å². The summed E-state index contributed by atoms with van der Waals surface area (Å²) in [6.45, 7) is 1.53.